The maximum Gasteiger partial charge on any atom is 1.00 e. The number of hydrogen-bond donors (Lipinski definition) is 1. The first-order chi connectivity index (χ1) is 2.91. The maximum absolute atomic E-state index is 9.63. The molecule has 0 saturated heterocycles. The van der Waals surface area contributed by atoms with Gasteiger partial charge in [-0.15, -0.1) is 6.61 Å². The Labute approximate surface area is 66.4 Å². The summed E-state index contributed by atoms with van der Waals surface area (Å²) in [6.07, 6.45) is 1.61. The molecular weight excluding hydrogens is 101 g/mol. The van der Waals surface area contributed by atoms with Crippen molar-refractivity contribution in [3.05, 3.63) is 0 Å². The molecule has 0 atom stereocenters. The van der Waals surface area contributed by atoms with E-state index in [0.29, 0.717) is 6.54 Å². The SMILES string of the molecule is NCCCC[O-].[Na+]. The van der Waals surface area contributed by atoms with Crippen LogP contribution >= 0.6 is 0 Å². The summed E-state index contributed by atoms with van der Waals surface area (Å²) in [4.78, 5) is 0. The van der Waals surface area contributed by atoms with Gasteiger partial charge in [-0.05, 0) is 13.0 Å². The zero-order valence-electron chi connectivity index (χ0n) is 4.81. The summed E-state index contributed by atoms with van der Waals surface area (Å²) < 4.78 is 0. The summed E-state index contributed by atoms with van der Waals surface area (Å²) in [5.41, 5.74) is 5.08. The summed E-state index contributed by atoms with van der Waals surface area (Å²) in [7, 11) is 0. The summed E-state index contributed by atoms with van der Waals surface area (Å²) in [5.74, 6) is 0. The quantitative estimate of drug-likeness (QED) is 0.299. The van der Waals surface area contributed by atoms with Gasteiger partial charge in [-0.3, -0.25) is 0 Å². The monoisotopic (exact) mass is 111 g/mol. The van der Waals surface area contributed by atoms with E-state index in [-0.39, 0.29) is 36.2 Å². The Morgan fingerprint density at radius 1 is 1.29 bits per heavy atom. The van der Waals surface area contributed by atoms with Gasteiger partial charge in [0.15, 0.2) is 0 Å². The summed E-state index contributed by atoms with van der Waals surface area (Å²) in [6, 6.07) is 0. The van der Waals surface area contributed by atoms with E-state index in [2.05, 4.69) is 0 Å². The van der Waals surface area contributed by atoms with Crippen molar-refractivity contribution in [1.82, 2.24) is 0 Å². The van der Waals surface area contributed by atoms with Crippen LogP contribution in [0.4, 0.5) is 0 Å². The molecule has 0 rings (SSSR count). The largest absolute Gasteiger partial charge is 1.00 e. The molecule has 0 aliphatic rings. The van der Waals surface area contributed by atoms with E-state index >= 15 is 0 Å². The van der Waals surface area contributed by atoms with Crippen molar-refractivity contribution in [3.63, 3.8) is 0 Å². The van der Waals surface area contributed by atoms with Crippen molar-refractivity contribution in [2.75, 3.05) is 13.2 Å². The van der Waals surface area contributed by atoms with E-state index in [1.54, 1.807) is 0 Å². The van der Waals surface area contributed by atoms with Gasteiger partial charge in [-0.25, -0.2) is 0 Å². The zero-order valence-corrected chi connectivity index (χ0v) is 6.81. The van der Waals surface area contributed by atoms with Gasteiger partial charge in [0.05, 0.1) is 0 Å². The van der Waals surface area contributed by atoms with Gasteiger partial charge >= 0.3 is 29.6 Å². The van der Waals surface area contributed by atoms with E-state index in [1.807, 2.05) is 0 Å². The Kier molecular flexibility index (Phi) is 15.5. The average Bonchev–Trinajstić information content (AvgIpc) is 1.61. The summed E-state index contributed by atoms with van der Waals surface area (Å²) in [5, 5.41) is 9.63. The molecule has 38 valence electrons. The minimum atomic E-state index is 0. The fraction of sp³-hybridized carbons (Fsp3) is 1.00. The molecule has 0 spiro atoms. The third kappa shape index (κ3) is 10.9. The minimum Gasteiger partial charge on any atom is -0.854 e. The fourth-order valence-corrected chi connectivity index (χ4v) is 0.246. The molecule has 0 fully saturated rings. The van der Waals surface area contributed by atoms with Crippen molar-refractivity contribution in [3.8, 4) is 0 Å². The molecule has 2 N–H and O–H groups in total. The van der Waals surface area contributed by atoms with Crippen LogP contribution in [0, 0.1) is 0 Å². The standard InChI is InChI=1S/C4H10NO.Na/c5-3-1-2-4-6;/h1-5H2;/q-1;+1. The van der Waals surface area contributed by atoms with E-state index in [4.69, 9.17) is 5.73 Å². The number of nitrogens with two attached hydrogens (primary N) is 1. The molecule has 0 aliphatic heterocycles. The second-order valence-corrected chi connectivity index (χ2v) is 1.20. The first kappa shape index (κ1) is 10.8. The molecule has 0 bridgehead atoms. The smallest absolute Gasteiger partial charge is 0.854 e. The van der Waals surface area contributed by atoms with Crippen molar-refractivity contribution >= 4 is 0 Å². The predicted molar refractivity (Wildman–Crippen MR) is 23.2 cm³/mol. The molecule has 7 heavy (non-hydrogen) atoms. The van der Waals surface area contributed by atoms with Crippen LogP contribution in [0.3, 0.4) is 0 Å². The van der Waals surface area contributed by atoms with Crippen LogP contribution in [0.2, 0.25) is 0 Å². The normalized spacial score (nSPS) is 7.71. The summed E-state index contributed by atoms with van der Waals surface area (Å²) in [6.45, 7) is 0.680. The molecule has 0 heterocycles. The van der Waals surface area contributed by atoms with Crippen LogP contribution in [-0.4, -0.2) is 13.2 Å². The van der Waals surface area contributed by atoms with Gasteiger partial charge in [0.2, 0.25) is 0 Å². The van der Waals surface area contributed by atoms with E-state index in [9.17, 15) is 5.11 Å². The minimum absolute atomic E-state index is 0. The Bertz CT molecular complexity index is 23.7. The molecule has 0 aromatic heterocycles. The Morgan fingerprint density at radius 3 is 2.00 bits per heavy atom. The van der Waals surface area contributed by atoms with Crippen molar-refractivity contribution in [2.24, 2.45) is 5.73 Å². The molecule has 2 nitrogen and oxygen atoms in total. The van der Waals surface area contributed by atoms with Crippen LogP contribution in [0.15, 0.2) is 0 Å². The van der Waals surface area contributed by atoms with Crippen molar-refractivity contribution in [1.29, 1.82) is 0 Å². The third-order valence-electron chi connectivity index (χ3n) is 0.598. The molecule has 0 radical (unpaired) electrons. The van der Waals surface area contributed by atoms with E-state index in [0.717, 1.165) is 12.8 Å². The van der Waals surface area contributed by atoms with Crippen LogP contribution in [0.1, 0.15) is 12.8 Å². The van der Waals surface area contributed by atoms with Gasteiger partial charge in [0, 0.05) is 0 Å². The second-order valence-electron chi connectivity index (χ2n) is 1.20. The second kappa shape index (κ2) is 10.0. The van der Waals surface area contributed by atoms with Crippen molar-refractivity contribution < 1.29 is 34.7 Å². The van der Waals surface area contributed by atoms with Gasteiger partial charge < -0.3 is 10.8 Å². The molecule has 0 amide bonds. The average molecular weight is 111 g/mol. The molecule has 3 heteroatoms. The Morgan fingerprint density at radius 2 is 1.86 bits per heavy atom. The Hall–Kier alpha value is 0.920. The maximum atomic E-state index is 9.63. The molecular formula is C4H10NNaO. The van der Waals surface area contributed by atoms with E-state index < -0.39 is 0 Å². The number of rotatable bonds is 3. The first-order valence-corrected chi connectivity index (χ1v) is 2.20. The summed E-state index contributed by atoms with van der Waals surface area (Å²) >= 11 is 0. The van der Waals surface area contributed by atoms with Crippen LogP contribution < -0.4 is 40.4 Å². The molecule has 0 aromatic rings. The number of hydrogen-bond acceptors (Lipinski definition) is 2. The molecule has 0 aromatic carbocycles. The molecule has 0 unspecified atom stereocenters. The van der Waals surface area contributed by atoms with Gasteiger partial charge in [-0.2, -0.15) is 0 Å². The van der Waals surface area contributed by atoms with Crippen LogP contribution in [0.25, 0.3) is 0 Å². The van der Waals surface area contributed by atoms with Gasteiger partial charge in [0.1, 0.15) is 0 Å². The molecule has 0 saturated carbocycles. The van der Waals surface area contributed by atoms with Crippen molar-refractivity contribution in [2.45, 2.75) is 12.8 Å². The topological polar surface area (TPSA) is 49.1 Å². The van der Waals surface area contributed by atoms with Gasteiger partial charge in [-0.1, -0.05) is 6.42 Å². The third-order valence-corrected chi connectivity index (χ3v) is 0.598. The van der Waals surface area contributed by atoms with Crippen LogP contribution in [-0.2, 0) is 0 Å². The predicted octanol–water partition coefficient (Wildman–Crippen LogP) is -3.91. The fourth-order valence-electron chi connectivity index (χ4n) is 0.246. The van der Waals surface area contributed by atoms with E-state index in [1.165, 1.54) is 0 Å². The van der Waals surface area contributed by atoms with Crippen LogP contribution in [0.5, 0.6) is 0 Å². The first-order valence-electron chi connectivity index (χ1n) is 2.20. The number of unbranched alkanes of at least 4 members (excludes halogenated alkanes) is 1. The molecule has 0 aliphatic carbocycles. The zero-order chi connectivity index (χ0) is 4.83. The van der Waals surface area contributed by atoms with Gasteiger partial charge in [0.25, 0.3) is 0 Å². The Balaban J connectivity index is 0.